The van der Waals surface area contributed by atoms with Crippen molar-refractivity contribution in [2.24, 2.45) is 13.0 Å². The van der Waals surface area contributed by atoms with Gasteiger partial charge in [0.1, 0.15) is 29.6 Å². The summed E-state index contributed by atoms with van der Waals surface area (Å²) >= 11 is 0. The predicted molar refractivity (Wildman–Crippen MR) is 97.1 cm³/mol. The van der Waals surface area contributed by atoms with Crippen LogP contribution in [-0.2, 0) is 7.05 Å². The molecule has 2 N–H and O–H groups in total. The van der Waals surface area contributed by atoms with Crippen LogP contribution in [0.1, 0.15) is 30.4 Å². The van der Waals surface area contributed by atoms with Crippen molar-refractivity contribution in [2.75, 3.05) is 11.9 Å². The molecule has 0 saturated heterocycles. The molecule has 3 atom stereocenters. The van der Waals surface area contributed by atoms with Crippen LogP contribution in [0.2, 0.25) is 0 Å². The van der Waals surface area contributed by atoms with Crippen molar-refractivity contribution >= 4 is 5.82 Å². The van der Waals surface area contributed by atoms with E-state index in [1.165, 1.54) is 0 Å². The number of nitrogens with zero attached hydrogens (tertiary/aromatic N) is 6. The summed E-state index contributed by atoms with van der Waals surface area (Å²) in [7, 11) is 1.95. The van der Waals surface area contributed by atoms with Crippen LogP contribution in [0.25, 0.3) is 5.82 Å². The van der Waals surface area contributed by atoms with Crippen LogP contribution in [0.15, 0.2) is 36.9 Å². The average Bonchev–Trinajstić information content (AvgIpc) is 3.34. The molecule has 0 unspecified atom stereocenters. The highest BCUT2D eigenvalue weighted by Crippen LogP contribution is 2.37. The van der Waals surface area contributed by atoms with Gasteiger partial charge in [0.2, 0.25) is 0 Å². The summed E-state index contributed by atoms with van der Waals surface area (Å²) in [4.78, 5) is 8.89. The number of aliphatic hydroxyl groups excluding tert-OH is 1. The fourth-order valence-electron chi connectivity index (χ4n) is 3.71. The molecule has 0 amide bonds. The van der Waals surface area contributed by atoms with Crippen LogP contribution in [0.3, 0.4) is 0 Å². The Kier molecular flexibility index (Phi) is 4.42. The van der Waals surface area contributed by atoms with Gasteiger partial charge in [0.05, 0.1) is 6.10 Å². The maximum absolute atomic E-state index is 10.4. The lowest BCUT2D eigenvalue weighted by molar-refractivity contribution is 0.137. The van der Waals surface area contributed by atoms with Crippen molar-refractivity contribution in [3.8, 4) is 5.82 Å². The SMILES string of the molecule is Cc1nccn1-c1cccc(NC[C@H]2C[C@H](c3nncn3C)C[C@H]2O)n1. The van der Waals surface area contributed by atoms with Crippen molar-refractivity contribution in [1.82, 2.24) is 29.3 Å². The van der Waals surface area contributed by atoms with Crippen molar-refractivity contribution < 1.29 is 5.11 Å². The van der Waals surface area contributed by atoms with Crippen LogP contribution in [0, 0.1) is 12.8 Å². The number of aliphatic hydroxyl groups is 1. The van der Waals surface area contributed by atoms with Crippen molar-refractivity contribution in [1.29, 1.82) is 0 Å². The molecule has 26 heavy (non-hydrogen) atoms. The molecule has 1 fully saturated rings. The first-order chi connectivity index (χ1) is 12.6. The molecule has 1 aliphatic rings. The third kappa shape index (κ3) is 3.20. The first-order valence-corrected chi connectivity index (χ1v) is 8.85. The van der Waals surface area contributed by atoms with Gasteiger partial charge in [-0.05, 0) is 31.9 Å². The molecule has 0 radical (unpaired) electrons. The number of hydrogen-bond acceptors (Lipinski definition) is 6. The molecular weight excluding hydrogens is 330 g/mol. The smallest absolute Gasteiger partial charge is 0.140 e. The number of anilines is 1. The molecule has 0 aliphatic heterocycles. The number of aromatic nitrogens is 6. The predicted octanol–water partition coefficient (Wildman–Crippen LogP) is 1.67. The summed E-state index contributed by atoms with van der Waals surface area (Å²) in [6.07, 6.45) is 6.64. The molecule has 3 heterocycles. The average molecular weight is 353 g/mol. The zero-order valence-electron chi connectivity index (χ0n) is 14.9. The first-order valence-electron chi connectivity index (χ1n) is 8.85. The monoisotopic (exact) mass is 353 g/mol. The highest BCUT2D eigenvalue weighted by molar-refractivity contribution is 5.40. The Bertz CT molecular complexity index is 887. The van der Waals surface area contributed by atoms with Gasteiger partial charge in [-0.1, -0.05) is 6.07 Å². The lowest BCUT2D eigenvalue weighted by Crippen LogP contribution is -2.22. The number of nitrogens with one attached hydrogen (secondary N) is 1. The summed E-state index contributed by atoms with van der Waals surface area (Å²) in [6, 6.07) is 5.86. The fraction of sp³-hybridized carbons (Fsp3) is 0.444. The largest absolute Gasteiger partial charge is 0.393 e. The number of aryl methyl sites for hydroxylation is 2. The highest BCUT2D eigenvalue weighted by atomic mass is 16.3. The second kappa shape index (κ2) is 6.87. The number of pyridine rings is 1. The molecule has 4 rings (SSSR count). The second-order valence-electron chi connectivity index (χ2n) is 6.90. The van der Waals surface area contributed by atoms with Gasteiger partial charge in [-0.2, -0.15) is 0 Å². The normalized spacial score (nSPS) is 22.7. The number of rotatable bonds is 5. The summed E-state index contributed by atoms with van der Waals surface area (Å²) in [5, 5.41) is 22.0. The lowest BCUT2D eigenvalue weighted by Gasteiger charge is -2.16. The Morgan fingerprint density at radius 1 is 1.31 bits per heavy atom. The van der Waals surface area contributed by atoms with Gasteiger partial charge in [-0.3, -0.25) is 4.57 Å². The van der Waals surface area contributed by atoms with Crippen LogP contribution < -0.4 is 5.32 Å². The molecular formula is C18H23N7O. The zero-order chi connectivity index (χ0) is 18.1. The van der Waals surface area contributed by atoms with E-state index in [9.17, 15) is 5.11 Å². The van der Waals surface area contributed by atoms with E-state index in [1.807, 2.05) is 47.5 Å². The Balaban J connectivity index is 1.42. The Morgan fingerprint density at radius 2 is 2.19 bits per heavy atom. The Labute approximate surface area is 151 Å². The van der Waals surface area contributed by atoms with Crippen molar-refractivity contribution in [3.05, 3.63) is 48.6 Å². The quantitative estimate of drug-likeness (QED) is 0.725. The minimum Gasteiger partial charge on any atom is -0.393 e. The van der Waals surface area contributed by atoms with Gasteiger partial charge in [-0.25, -0.2) is 9.97 Å². The summed E-state index contributed by atoms with van der Waals surface area (Å²) in [5.74, 6) is 3.88. The molecule has 8 heteroatoms. The van der Waals surface area contributed by atoms with E-state index < -0.39 is 0 Å². The van der Waals surface area contributed by atoms with Crippen LogP contribution >= 0.6 is 0 Å². The molecule has 3 aromatic rings. The second-order valence-corrected chi connectivity index (χ2v) is 6.90. The Morgan fingerprint density at radius 3 is 2.92 bits per heavy atom. The van der Waals surface area contributed by atoms with Crippen molar-refractivity contribution in [2.45, 2.75) is 31.8 Å². The molecule has 8 nitrogen and oxygen atoms in total. The van der Waals surface area contributed by atoms with Gasteiger partial charge < -0.3 is 15.0 Å². The maximum atomic E-state index is 10.4. The van der Waals surface area contributed by atoms with E-state index in [2.05, 4.69) is 25.5 Å². The van der Waals surface area contributed by atoms with Crippen molar-refractivity contribution in [3.63, 3.8) is 0 Å². The third-order valence-electron chi connectivity index (χ3n) is 5.12. The van der Waals surface area contributed by atoms with Gasteiger partial charge in [0, 0.05) is 37.8 Å². The molecule has 0 bridgehead atoms. The zero-order valence-corrected chi connectivity index (χ0v) is 14.9. The Hall–Kier alpha value is -2.74. The van der Waals surface area contributed by atoms with E-state index in [1.54, 1.807) is 12.5 Å². The highest BCUT2D eigenvalue weighted by Gasteiger charge is 2.35. The van der Waals surface area contributed by atoms with Gasteiger partial charge >= 0.3 is 0 Å². The topological polar surface area (TPSA) is 93.7 Å². The number of imidazole rings is 1. The molecule has 3 aromatic heterocycles. The summed E-state index contributed by atoms with van der Waals surface area (Å²) in [5.41, 5.74) is 0. The van der Waals surface area contributed by atoms with Gasteiger partial charge in [0.25, 0.3) is 0 Å². The van der Waals surface area contributed by atoms with E-state index in [0.29, 0.717) is 6.54 Å². The molecule has 1 saturated carbocycles. The first kappa shape index (κ1) is 16.7. The molecule has 0 aromatic carbocycles. The van der Waals surface area contributed by atoms with E-state index >= 15 is 0 Å². The fourth-order valence-corrected chi connectivity index (χ4v) is 3.71. The standard InChI is InChI=1S/C18H23N7O/c1-12-19-6-7-25(12)17-5-3-4-16(22-17)20-10-14-8-13(9-15(14)26)18-23-21-11-24(18)2/h3-7,11,13-15,26H,8-10H2,1-2H3,(H,20,22)/t13-,14+,15+/m0/s1. The molecule has 136 valence electrons. The van der Waals surface area contributed by atoms with E-state index in [-0.39, 0.29) is 17.9 Å². The van der Waals surface area contributed by atoms with Crippen LogP contribution in [0.5, 0.6) is 0 Å². The lowest BCUT2D eigenvalue weighted by atomic mass is 10.0. The minimum atomic E-state index is -0.344. The molecule has 1 aliphatic carbocycles. The maximum Gasteiger partial charge on any atom is 0.140 e. The summed E-state index contributed by atoms with van der Waals surface area (Å²) in [6.45, 7) is 2.62. The molecule has 0 spiro atoms. The van der Waals surface area contributed by atoms with Crippen LogP contribution in [0.4, 0.5) is 5.82 Å². The van der Waals surface area contributed by atoms with Gasteiger partial charge in [-0.15, -0.1) is 10.2 Å². The van der Waals surface area contributed by atoms with E-state index in [0.717, 1.165) is 36.1 Å². The third-order valence-corrected chi connectivity index (χ3v) is 5.12. The number of hydrogen-bond donors (Lipinski definition) is 2. The summed E-state index contributed by atoms with van der Waals surface area (Å²) < 4.78 is 3.88. The minimum absolute atomic E-state index is 0.164. The van der Waals surface area contributed by atoms with E-state index in [4.69, 9.17) is 0 Å². The van der Waals surface area contributed by atoms with Gasteiger partial charge in [0.15, 0.2) is 0 Å². The van der Waals surface area contributed by atoms with Crippen LogP contribution in [-0.4, -0.2) is 47.1 Å².